The summed E-state index contributed by atoms with van der Waals surface area (Å²) in [5.74, 6) is 0. The summed E-state index contributed by atoms with van der Waals surface area (Å²) in [5, 5.41) is 0. The van der Waals surface area contributed by atoms with Crippen LogP contribution in [0.15, 0.2) is 97.1 Å². The van der Waals surface area contributed by atoms with Crippen molar-refractivity contribution in [2.24, 2.45) is 0 Å². The number of hydrogen-bond donors (Lipinski definition) is 0. The quantitative estimate of drug-likeness (QED) is 0.193. The fourth-order valence-corrected chi connectivity index (χ4v) is 28.4. The first-order valence-electron chi connectivity index (χ1n) is 19.2. The zero-order valence-electron chi connectivity index (χ0n) is 34.1. The second-order valence-electron chi connectivity index (χ2n) is 19.9. The van der Waals surface area contributed by atoms with Crippen molar-refractivity contribution in [3.05, 3.63) is 153 Å². The van der Waals surface area contributed by atoms with Crippen molar-refractivity contribution in [3.8, 4) is 11.1 Å². The summed E-state index contributed by atoms with van der Waals surface area (Å²) in [6, 6.07) is 28.2. The van der Waals surface area contributed by atoms with E-state index in [0.29, 0.717) is 0 Å². The summed E-state index contributed by atoms with van der Waals surface area (Å²) in [7, 11) is 17.9. The number of hydrogen-bond acceptors (Lipinski definition) is 0. The van der Waals surface area contributed by atoms with E-state index in [0.717, 1.165) is 14.3 Å². The summed E-state index contributed by atoms with van der Waals surface area (Å²) in [4.78, 5) is 0. The van der Waals surface area contributed by atoms with Gasteiger partial charge in [0.1, 0.15) is 0 Å². The Kier molecular flexibility index (Phi) is 9.76. The zero-order valence-corrected chi connectivity index (χ0v) is 38.1. The molecule has 3 heteroatoms. The summed E-state index contributed by atoms with van der Waals surface area (Å²) < 4.78 is 0.886. The Morgan fingerprint density at radius 3 is 1.15 bits per heavy atom. The van der Waals surface area contributed by atoms with Crippen LogP contribution in [0.1, 0.15) is 142 Å². The Hall–Kier alpha value is -2.31. The maximum atomic E-state index is 8.96. The van der Waals surface area contributed by atoms with E-state index in [4.69, 9.17) is 17.0 Å². The molecule has 2 aliphatic rings. The molecule has 6 rings (SSSR count). The van der Waals surface area contributed by atoms with Gasteiger partial charge in [-0.25, -0.2) is 0 Å². The SMILES string of the molecule is Cc1cc2c(cc1C(C)(C)C)-c1cc(C(C)(C)C)c(C)cc1[CH]2[Zr]([Cl])([Cl])(=[C](c1ccc(C(C)(C)C)cc1)c1ccc(C(C)(C)C)cc1)[CH]1C=CC=C1. The predicted octanol–water partition coefficient (Wildman–Crippen LogP) is 14.7. The van der Waals surface area contributed by atoms with Gasteiger partial charge in [0.05, 0.1) is 0 Å². The second kappa shape index (κ2) is 12.9. The van der Waals surface area contributed by atoms with Gasteiger partial charge in [0.15, 0.2) is 0 Å². The van der Waals surface area contributed by atoms with E-state index in [9.17, 15) is 0 Å². The average Bonchev–Trinajstić information content (AvgIpc) is 3.67. The van der Waals surface area contributed by atoms with Crippen LogP contribution in [-0.2, 0) is 37.6 Å². The van der Waals surface area contributed by atoms with Crippen LogP contribution in [0.5, 0.6) is 0 Å². The number of halogens is 2. The molecule has 0 aromatic heterocycles. The van der Waals surface area contributed by atoms with Gasteiger partial charge in [0, 0.05) is 0 Å². The van der Waals surface area contributed by atoms with Gasteiger partial charge in [0.25, 0.3) is 0 Å². The molecule has 4 aromatic rings. The van der Waals surface area contributed by atoms with Crippen LogP contribution in [0.2, 0.25) is 3.63 Å². The van der Waals surface area contributed by atoms with Crippen LogP contribution in [0.3, 0.4) is 0 Å². The number of allylic oxidation sites excluding steroid dienone is 4. The van der Waals surface area contributed by atoms with Gasteiger partial charge < -0.3 is 0 Å². The molecule has 0 saturated carbocycles. The van der Waals surface area contributed by atoms with Gasteiger partial charge in [-0.15, -0.1) is 0 Å². The van der Waals surface area contributed by atoms with E-state index in [-0.39, 0.29) is 28.9 Å². The molecular formula is C49H60Cl2Zr. The summed E-state index contributed by atoms with van der Waals surface area (Å²) in [5.41, 5.74) is 15.4. The van der Waals surface area contributed by atoms with E-state index < -0.39 is 15.9 Å². The minimum atomic E-state index is -5.51. The fraction of sp³-hybridized carbons (Fsp3) is 0.408. The molecule has 0 bridgehead atoms. The number of fused-ring (bicyclic) bond motifs is 3. The molecule has 274 valence electrons. The van der Waals surface area contributed by atoms with Gasteiger partial charge in [-0.3, -0.25) is 0 Å². The Balaban J connectivity index is 1.84. The summed E-state index contributed by atoms with van der Waals surface area (Å²) in [6.07, 6.45) is 8.90. The Morgan fingerprint density at radius 1 is 0.500 bits per heavy atom. The predicted molar refractivity (Wildman–Crippen MR) is 228 cm³/mol. The van der Waals surface area contributed by atoms with Crippen LogP contribution in [0.4, 0.5) is 0 Å². The molecule has 0 amide bonds. The third-order valence-electron chi connectivity index (χ3n) is 11.8. The normalized spacial score (nSPS) is 15.7. The molecule has 0 aliphatic heterocycles. The van der Waals surface area contributed by atoms with Crippen LogP contribution in [0.25, 0.3) is 11.1 Å². The molecule has 52 heavy (non-hydrogen) atoms. The molecule has 0 spiro atoms. The van der Waals surface area contributed by atoms with E-state index in [2.05, 4.69) is 194 Å². The molecule has 0 nitrogen and oxygen atoms in total. The van der Waals surface area contributed by atoms with Crippen LogP contribution in [0, 0.1) is 13.8 Å². The molecule has 0 unspecified atom stereocenters. The van der Waals surface area contributed by atoms with Crippen molar-refractivity contribution in [1.82, 2.24) is 0 Å². The van der Waals surface area contributed by atoms with Crippen molar-refractivity contribution < 1.29 is 15.9 Å². The van der Waals surface area contributed by atoms with Crippen LogP contribution in [-0.4, -0.2) is 3.21 Å². The average molecular weight is 811 g/mol. The fourth-order valence-electron chi connectivity index (χ4n) is 9.04. The van der Waals surface area contributed by atoms with Gasteiger partial charge in [-0.2, -0.15) is 0 Å². The topological polar surface area (TPSA) is 0 Å². The van der Waals surface area contributed by atoms with E-state index >= 15 is 0 Å². The molecule has 0 radical (unpaired) electrons. The van der Waals surface area contributed by atoms with Crippen LogP contribution < -0.4 is 0 Å². The van der Waals surface area contributed by atoms with E-state index in [1.165, 1.54) is 55.6 Å². The molecule has 2 aliphatic carbocycles. The standard InChI is InChI=1S/C23H29.C21H26.C5H5.2ClH.Zr/c1-14-9-16-11-17-10-15(2)21(23(6,7)8)13-19(17)18(16)12-20(14)22(3,4)5;1-20(2,3)18-11-7-16(8-12-18)15-17-9-13-19(14-10-17)21(4,5)6;1-2-4-5-3-1;;;/h9-13H,1-8H3;7-14H,1-6H3;1-5H;2*1H;/q;;;;;+2/p-2. The van der Waals surface area contributed by atoms with E-state index in [1.807, 2.05) is 0 Å². The molecule has 0 saturated heterocycles. The van der Waals surface area contributed by atoms with Crippen LogP contribution >= 0.6 is 17.0 Å². The number of rotatable bonds is 4. The van der Waals surface area contributed by atoms with Gasteiger partial charge >= 0.3 is 326 Å². The maximum absolute atomic E-state index is 8.96. The third-order valence-corrected chi connectivity index (χ3v) is 31.4. The molecule has 0 heterocycles. The van der Waals surface area contributed by atoms with Crippen molar-refractivity contribution in [3.63, 3.8) is 0 Å². The molecule has 0 N–H and O–H groups in total. The molecule has 4 aromatic carbocycles. The molecule has 0 atom stereocenters. The van der Waals surface area contributed by atoms with Crippen molar-refractivity contribution >= 4 is 20.2 Å². The summed E-state index contributed by atoms with van der Waals surface area (Å²) >= 11 is -5.51. The monoisotopic (exact) mass is 808 g/mol. The second-order valence-corrected chi connectivity index (χ2v) is 40.7. The first kappa shape index (κ1) is 39.4. The van der Waals surface area contributed by atoms with Gasteiger partial charge in [-0.05, 0) is 0 Å². The number of aryl methyl sites for hydroxylation is 2. The van der Waals surface area contributed by atoms with E-state index in [1.54, 1.807) is 0 Å². The molecule has 0 fully saturated rings. The van der Waals surface area contributed by atoms with Gasteiger partial charge in [0.2, 0.25) is 0 Å². The molecular weight excluding hydrogens is 751 g/mol. The first-order valence-corrected chi connectivity index (χ1v) is 29.5. The zero-order chi connectivity index (χ0) is 38.4. The Labute approximate surface area is 323 Å². The van der Waals surface area contributed by atoms with Crippen molar-refractivity contribution in [2.75, 3.05) is 0 Å². The number of benzene rings is 4. The minimum absolute atomic E-state index is 0.00725. The summed E-state index contributed by atoms with van der Waals surface area (Å²) in [6.45, 7) is 32.1. The Morgan fingerprint density at radius 2 is 0.846 bits per heavy atom. The van der Waals surface area contributed by atoms with Gasteiger partial charge in [-0.1, -0.05) is 0 Å². The van der Waals surface area contributed by atoms with Crippen molar-refractivity contribution in [1.29, 1.82) is 0 Å². The Bertz CT molecular complexity index is 2030. The third kappa shape index (κ3) is 6.69. The van der Waals surface area contributed by atoms with Crippen molar-refractivity contribution in [2.45, 2.75) is 126 Å². The first-order chi connectivity index (χ1) is 23.8.